The van der Waals surface area contributed by atoms with Gasteiger partial charge in [0.15, 0.2) is 0 Å². The van der Waals surface area contributed by atoms with Gasteiger partial charge in [0.05, 0.1) is 18.1 Å². The second-order valence-electron chi connectivity index (χ2n) is 4.99. The van der Waals surface area contributed by atoms with Gasteiger partial charge in [-0.05, 0) is 12.8 Å². The maximum absolute atomic E-state index is 12.3. The van der Waals surface area contributed by atoms with Crippen LogP contribution in [0.4, 0.5) is 0 Å². The lowest BCUT2D eigenvalue weighted by atomic mass is 10.0. The van der Waals surface area contributed by atoms with Crippen molar-refractivity contribution in [3.63, 3.8) is 0 Å². The minimum absolute atomic E-state index is 0.0552. The van der Waals surface area contributed by atoms with Gasteiger partial charge in [0.1, 0.15) is 0 Å². The second kappa shape index (κ2) is 5.33. The van der Waals surface area contributed by atoms with Gasteiger partial charge in [-0.3, -0.25) is 4.79 Å². The summed E-state index contributed by atoms with van der Waals surface area (Å²) in [6.45, 7) is -0.0926. The fourth-order valence-corrected chi connectivity index (χ4v) is 4.18. The summed E-state index contributed by atoms with van der Waals surface area (Å²) in [6, 6.07) is 0. The SMILES string of the molecule is O=C(O)C1CCCN(S(=O)(=O)N2C[C@@H](O)[C@@H](O)C2)C1. The van der Waals surface area contributed by atoms with Crippen molar-refractivity contribution in [1.82, 2.24) is 8.61 Å². The molecule has 2 aliphatic rings. The van der Waals surface area contributed by atoms with Gasteiger partial charge in [-0.15, -0.1) is 0 Å². The Hall–Kier alpha value is -0.740. The fraction of sp³-hybridized carbons (Fsp3) is 0.900. The Balaban J connectivity index is 2.09. The van der Waals surface area contributed by atoms with E-state index in [1.165, 1.54) is 0 Å². The van der Waals surface area contributed by atoms with Crippen LogP contribution in [-0.2, 0) is 15.0 Å². The molecule has 2 aliphatic heterocycles. The van der Waals surface area contributed by atoms with E-state index in [2.05, 4.69) is 0 Å². The smallest absolute Gasteiger partial charge is 0.307 e. The zero-order valence-electron chi connectivity index (χ0n) is 10.3. The van der Waals surface area contributed by atoms with Crippen LogP contribution >= 0.6 is 0 Å². The number of aliphatic carboxylic acids is 1. The first kappa shape index (κ1) is 14.7. The third kappa shape index (κ3) is 2.90. The molecule has 0 aromatic heterocycles. The molecule has 3 N–H and O–H groups in total. The summed E-state index contributed by atoms with van der Waals surface area (Å²) in [7, 11) is -3.81. The maximum Gasteiger partial charge on any atom is 0.307 e. The highest BCUT2D eigenvalue weighted by molar-refractivity contribution is 7.86. The lowest BCUT2D eigenvalue weighted by molar-refractivity contribution is -0.142. The summed E-state index contributed by atoms with van der Waals surface area (Å²) < 4.78 is 26.7. The predicted octanol–water partition coefficient (Wildman–Crippen LogP) is -1.93. The first-order chi connectivity index (χ1) is 8.82. The molecule has 8 nitrogen and oxygen atoms in total. The van der Waals surface area contributed by atoms with Gasteiger partial charge < -0.3 is 15.3 Å². The first-order valence-electron chi connectivity index (χ1n) is 6.16. The molecule has 0 radical (unpaired) electrons. The highest BCUT2D eigenvalue weighted by Gasteiger charge is 2.41. The molecule has 0 bridgehead atoms. The van der Waals surface area contributed by atoms with Crippen LogP contribution in [0.5, 0.6) is 0 Å². The number of rotatable bonds is 3. The van der Waals surface area contributed by atoms with Gasteiger partial charge in [0.25, 0.3) is 10.2 Å². The molecule has 0 saturated carbocycles. The number of piperidine rings is 1. The first-order valence-corrected chi connectivity index (χ1v) is 7.56. The van der Waals surface area contributed by atoms with E-state index in [0.717, 1.165) is 8.61 Å². The molecule has 0 aromatic carbocycles. The Morgan fingerprint density at radius 3 is 2.16 bits per heavy atom. The number of carboxylic acid groups (broad SMARTS) is 1. The molecule has 0 aliphatic carbocycles. The van der Waals surface area contributed by atoms with Crippen LogP contribution in [0.3, 0.4) is 0 Å². The van der Waals surface area contributed by atoms with Gasteiger partial charge >= 0.3 is 5.97 Å². The quantitative estimate of drug-likeness (QED) is 0.557. The molecule has 2 rings (SSSR count). The number of β-amino-alcohol motifs (C(OH)–C–C–N with tert-alkyl or cyclic N) is 2. The van der Waals surface area contributed by atoms with Crippen LogP contribution in [0.2, 0.25) is 0 Å². The van der Waals surface area contributed by atoms with Crippen molar-refractivity contribution < 1.29 is 28.5 Å². The molecule has 19 heavy (non-hydrogen) atoms. The number of hydrogen-bond donors (Lipinski definition) is 3. The molecular weight excluding hydrogens is 276 g/mol. The molecule has 0 spiro atoms. The van der Waals surface area contributed by atoms with Crippen molar-refractivity contribution in [3.8, 4) is 0 Å². The second-order valence-corrected chi connectivity index (χ2v) is 6.92. The monoisotopic (exact) mass is 294 g/mol. The molecule has 2 saturated heterocycles. The molecule has 9 heteroatoms. The van der Waals surface area contributed by atoms with Gasteiger partial charge in [-0.25, -0.2) is 0 Å². The maximum atomic E-state index is 12.3. The van der Waals surface area contributed by atoms with Crippen LogP contribution in [0.15, 0.2) is 0 Å². The van der Waals surface area contributed by atoms with Crippen LogP contribution in [0.25, 0.3) is 0 Å². The van der Waals surface area contributed by atoms with E-state index in [4.69, 9.17) is 5.11 Å². The number of aliphatic hydroxyl groups is 2. The highest BCUT2D eigenvalue weighted by atomic mass is 32.2. The average Bonchev–Trinajstić information content (AvgIpc) is 2.70. The van der Waals surface area contributed by atoms with Crippen molar-refractivity contribution >= 4 is 16.2 Å². The van der Waals surface area contributed by atoms with Crippen molar-refractivity contribution in [2.45, 2.75) is 25.0 Å². The molecular formula is C10H18N2O6S. The summed E-state index contributed by atoms with van der Waals surface area (Å²) in [4.78, 5) is 10.9. The molecule has 2 heterocycles. The minimum Gasteiger partial charge on any atom is -0.481 e. The molecule has 110 valence electrons. The molecule has 0 amide bonds. The van der Waals surface area contributed by atoms with Crippen LogP contribution < -0.4 is 0 Å². The minimum atomic E-state index is -3.81. The standard InChI is InChI=1S/C10H18N2O6S/c13-8-5-12(6-9(8)14)19(17,18)11-3-1-2-7(4-11)10(15)16/h7-9,13-14H,1-6H2,(H,15,16)/t7?,8-,9+. The lowest BCUT2D eigenvalue weighted by Gasteiger charge is -2.32. The number of carbonyl (C=O) groups is 1. The normalized spacial score (nSPS) is 34.5. The van der Waals surface area contributed by atoms with Crippen molar-refractivity contribution in [2.75, 3.05) is 26.2 Å². The van der Waals surface area contributed by atoms with Crippen LogP contribution in [-0.4, -0.2) is 76.7 Å². The zero-order chi connectivity index (χ0) is 14.2. The van der Waals surface area contributed by atoms with E-state index in [1.807, 2.05) is 0 Å². The summed E-state index contributed by atoms with van der Waals surface area (Å²) in [6.07, 6.45) is -1.22. The molecule has 2 fully saturated rings. The van der Waals surface area contributed by atoms with Gasteiger partial charge in [-0.1, -0.05) is 0 Å². The summed E-state index contributed by atoms with van der Waals surface area (Å²) in [5.74, 6) is -1.69. The Labute approximate surface area is 111 Å². The van der Waals surface area contributed by atoms with E-state index in [9.17, 15) is 23.4 Å². The van der Waals surface area contributed by atoms with Crippen molar-refractivity contribution in [2.24, 2.45) is 5.92 Å². The fourth-order valence-electron chi connectivity index (χ4n) is 2.44. The van der Waals surface area contributed by atoms with Crippen LogP contribution in [0, 0.1) is 5.92 Å². The highest BCUT2D eigenvalue weighted by Crippen LogP contribution is 2.24. The third-order valence-electron chi connectivity index (χ3n) is 3.61. The third-order valence-corrected chi connectivity index (χ3v) is 5.55. The number of carboxylic acids is 1. The van der Waals surface area contributed by atoms with Gasteiger partial charge in [0, 0.05) is 26.2 Å². The Bertz CT molecular complexity index is 443. The number of hydrogen-bond acceptors (Lipinski definition) is 5. The van der Waals surface area contributed by atoms with Crippen molar-refractivity contribution in [1.29, 1.82) is 0 Å². The van der Waals surface area contributed by atoms with Crippen molar-refractivity contribution in [3.05, 3.63) is 0 Å². The topological polar surface area (TPSA) is 118 Å². The van der Waals surface area contributed by atoms with E-state index in [0.29, 0.717) is 12.8 Å². The van der Waals surface area contributed by atoms with Crippen LogP contribution in [0.1, 0.15) is 12.8 Å². The van der Waals surface area contributed by atoms with Gasteiger partial charge in [-0.2, -0.15) is 17.0 Å². The van der Waals surface area contributed by atoms with Gasteiger partial charge in [0.2, 0.25) is 0 Å². The number of nitrogens with zero attached hydrogens (tertiary/aromatic N) is 2. The van der Waals surface area contributed by atoms with E-state index in [-0.39, 0.29) is 26.2 Å². The lowest BCUT2D eigenvalue weighted by Crippen LogP contribution is -2.48. The Morgan fingerprint density at radius 1 is 1.05 bits per heavy atom. The zero-order valence-corrected chi connectivity index (χ0v) is 11.2. The molecule has 0 aromatic rings. The average molecular weight is 294 g/mol. The van der Waals surface area contributed by atoms with E-state index < -0.39 is 34.3 Å². The molecule has 1 unspecified atom stereocenters. The largest absolute Gasteiger partial charge is 0.481 e. The number of aliphatic hydroxyl groups excluding tert-OH is 2. The summed E-state index contributed by atoms with van der Waals surface area (Å²) in [5, 5.41) is 27.8. The summed E-state index contributed by atoms with van der Waals surface area (Å²) >= 11 is 0. The Kier molecular flexibility index (Phi) is 4.11. The van der Waals surface area contributed by atoms with E-state index >= 15 is 0 Å². The predicted molar refractivity (Wildman–Crippen MR) is 64.4 cm³/mol. The molecule has 3 atom stereocenters. The van der Waals surface area contributed by atoms with E-state index in [1.54, 1.807) is 0 Å². The summed E-state index contributed by atoms with van der Waals surface area (Å²) in [5.41, 5.74) is 0. The Morgan fingerprint density at radius 2 is 1.63 bits per heavy atom.